The van der Waals surface area contributed by atoms with Crippen LogP contribution in [0.25, 0.3) is 5.95 Å². The third-order valence-corrected chi connectivity index (χ3v) is 2.45. The van der Waals surface area contributed by atoms with E-state index in [0.717, 1.165) is 13.0 Å². The van der Waals surface area contributed by atoms with Crippen LogP contribution in [0.5, 0.6) is 0 Å². The number of amides is 1. The highest BCUT2D eigenvalue weighted by Crippen LogP contribution is 2.08. The van der Waals surface area contributed by atoms with Gasteiger partial charge in [-0.3, -0.25) is 4.79 Å². The molecule has 2 N–H and O–H groups in total. The predicted octanol–water partition coefficient (Wildman–Crippen LogP) is 1.02. The molecule has 108 valence electrons. The molecule has 0 radical (unpaired) electrons. The minimum Gasteiger partial charge on any atom is -0.323 e. The number of anilines is 1. The van der Waals surface area contributed by atoms with Gasteiger partial charge in [0, 0.05) is 18.8 Å². The maximum Gasteiger partial charge on any atom is 0.250 e. The van der Waals surface area contributed by atoms with Crippen LogP contribution in [-0.2, 0) is 4.79 Å². The van der Waals surface area contributed by atoms with Crippen molar-refractivity contribution in [2.75, 3.05) is 18.9 Å². The van der Waals surface area contributed by atoms with Crippen molar-refractivity contribution in [2.24, 2.45) is 0 Å². The Morgan fingerprint density at radius 3 is 2.80 bits per heavy atom. The summed E-state index contributed by atoms with van der Waals surface area (Å²) in [6.07, 6.45) is 7.82. The van der Waals surface area contributed by atoms with Gasteiger partial charge in [-0.05, 0) is 26.1 Å². The maximum absolute atomic E-state index is 11.6. The Bertz CT molecular complexity index is 530. The summed E-state index contributed by atoms with van der Waals surface area (Å²) >= 11 is 0. The van der Waals surface area contributed by atoms with Crippen molar-refractivity contribution in [1.82, 2.24) is 25.1 Å². The number of carbonyl (C=O) groups excluding carboxylic acids is 1. The van der Waals surface area contributed by atoms with Crippen LogP contribution >= 0.6 is 12.4 Å². The molecule has 0 aromatic carbocycles. The number of aromatic nitrogens is 4. The number of rotatable bonds is 6. The van der Waals surface area contributed by atoms with Crippen LogP contribution in [0.4, 0.5) is 5.69 Å². The lowest BCUT2D eigenvalue weighted by atomic mass is 10.3. The van der Waals surface area contributed by atoms with Gasteiger partial charge in [0.25, 0.3) is 0 Å². The Kier molecular flexibility index (Phi) is 6.61. The number of nitrogens with one attached hydrogen (secondary N) is 2. The van der Waals surface area contributed by atoms with Gasteiger partial charge in [-0.1, -0.05) is 0 Å². The molecule has 1 amide bonds. The van der Waals surface area contributed by atoms with Gasteiger partial charge in [0.05, 0.1) is 18.1 Å². The minimum absolute atomic E-state index is 0. The highest BCUT2D eigenvalue weighted by molar-refractivity contribution is 5.90. The van der Waals surface area contributed by atoms with Crippen LogP contribution in [-0.4, -0.2) is 39.2 Å². The molecule has 0 fully saturated rings. The fourth-order valence-corrected chi connectivity index (χ4v) is 1.56. The summed E-state index contributed by atoms with van der Waals surface area (Å²) in [6, 6.07) is 1.73. The van der Waals surface area contributed by atoms with Crippen LogP contribution in [0, 0.1) is 0 Å². The van der Waals surface area contributed by atoms with E-state index in [9.17, 15) is 4.79 Å². The van der Waals surface area contributed by atoms with E-state index in [1.807, 2.05) is 7.05 Å². The predicted molar refractivity (Wildman–Crippen MR) is 78.2 cm³/mol. The van der Waals surface area contributed by atoms with E-state index in [0.29, 0.717) is 18.1 Å². The van der Waals surface area contributed by atoms with Crippen LogP contribution in [0.2, 0.25) is 0 Å². The Morgan fingerprint density at radius 2 is 2.10 bits per heavy atom. The summed E-state index contributed by atoms with van der Waals surface area (Å²) < 4.78 is 1.52. The smallest absolute Gasteiger partial charge is 0.250 e. The molecule has 0 aliphatic carbocycles. The summed E-state index contributed by atoms with van der Waals surface area (Å²) in [7, 11) is 1.86. The Labute approximate surface area is 123 Å². The van der Waals surface area contributed by atoms with Gasteiger partial charge >= 0.3 is 0 Å². The molecule has 0 spiro atoms. The van der Waals surface area contributed by atoms with E-state index < -0.39 is 0 Å². The van der Waals surface area contributed by atoms with Crippen LogP contribution in [0.1, 0.15) is 12.8 Å². The molecule has 0 saturated carbocycles. The summed E-state index contributed by atoms with van der Waals surface area (Å²) in [5.74, 6) is 0.446. The normalized spacial score (nSPS) is 9.85. The zero-order valence-corrected chi connectivity index (χ0v) is 11.9. The van der Waals surface area contributed by atoms with Crippen LogP contribution in [0.15, 0.2) is 30.9 Å². The average molecular weight is 297 g/mol. The van der Waals surface area contributed by atoms with Crippen molar-refractivity contribution < 1.29 is 4.79 Å². The van der Waals surface area contributed by atoms with E-state index in [-0.39, 0.29) is 18.3 Å². The van der Waals surface area contributed by atoms with Crippen molar-refractivity contribution in [2.45, 2.75) is 12.8 Å². The first-order chi connectivity index (χ1) is 9.29. The summed E-state index contributed by atoms with van der Waals surface area (Å²) in [5.41, 5.74) is 0.641. The van der Waals surface area contributed by atoms with E-state index in [1.54, 1.807) is 30.9 Å². The van der Waals surface area contributed by atoms with Crippen molar-refractivity contribution in [1.29, 1.82) is 0 Å². The largest absolute Gasteiger partial charge is 0.323 e. The second kappa shape index (κ2) is 8.23. The summed E-state index contributed by atoms with van der Waals surface area (Å²) in [4.78, 5) is 19.8. The lowest BCUT2D eigenvalue weighted by molar-refractivity contribution is -0.116. The number of halogens is 1. The monoisotopic (exact) mass is 296 g/mol. The summed E-state index contributed by atoms with van der Waals surface area (Å²) in [5, 5.41) is 9.89. The first-order valence-corrected chi connectivity index (χ1v) is 6.06. The van der Waals surface area contributed by atoms with Crippen LogP contribution < -0.4 is 10.6 Å². The topological polar surface area (TPSA) is 84.7 Å². The van der Waals surface area contributed by atoms with Gasteiger partial charge < -0.3 is 10.6 Å². The standard InChI is InChI=1S/C12H16N6O.ClH/c1-13-5-2-4-11(19)17-10-8-16-18(9-10)12-14-6-3-7-15-12;/h3,6-9,13H,2,4-5H2,1H3,(H,17,19);1H. The fraction of sp³-hybridized carbons (Fsp3) is 0.333. The molecule has 20 heavy (non-hydrogen) atoms. The molecular weight excluding hydrogens is 280 g/mol. The number of nitrogens with zero attached hydrogens (tertiary/aromatic N) is 4. The van der Waals surface area contributed by atoms with E-state index >= 15 is 0 Å². The van der Waals surface area contributed by atoms with Gasteiger partial charge in [0.2, 0.25) is 11.9 Å². The first-order valence-electron chi connectivity index (χ1n) is 6.06. The molecule has 2 aromatic rings. The molecule has 0 unspecified atom stereocenters. The third-order valence-electron chi connectivity index (χ3n) is 2.45. The van der Waals surface area contributed by atoms with Gasteiger partial charge in [-0.15, -0.1) is 12.4 Å². The van der Waals surface area contributed by atoms with Gasteiger partial charge in [-0.25, -0.2) is 14.6 Å². The molecule has 0 aliphatic heterocycles. The maximum atomic E-state index is 11.6. The highest BCUT2D eigenvalue weighted by atomic mass is 35.5. The second-order valence-electron chi connectivity index (χ2n) is 3.98. The molecule has 7 nitrogen and oxygen atoms in total. The van der Waals surface area contributed by atoms with E-state index in [4.69, 9.17) is 0 Å². The van der Waals surface area contributed by atoms with Crippen molar-refractivity contribution in [3.05, 3.63) is 30.9 Å². The molecular formula is C12H17ClN6O. The second-order valence-corrected chi connectivity index (χ2v) is 3.98. The first kappa shape index (κ1) is 16.1. The third kappa shape index (κ3) is 4.60. The fourth-order valence-electron chi connectivity index (χ4n) is 1.56. The van der Waals surface area contributed by atoms with E-state index in [1.165, 1.54) is 4.68 Å². The van der Waals surface area contributed by atoms with E-state index in [2.05, 4.69) is 25.7 Å². The molecule has 2 heterocycles. The number of carbonyl (C=O) groups is 1. The van der Waals surface area contributed by atoms with Gasteiger partial charge in [0.1, 0.15) is 0 Å². The number of hydrogen-bond donors (Lipinski definition) is 2. The Hall–Kier alpha value is -1.99. The van der Waals surface area contributed by atoms with Crippen molar-refractivity contribution >= 4 is 24.0 Å². The quantitative estimate of drug-likeness (QED) is 0.778. The number of hydrogen-bond acceptors (Lipinski definition) is 5. The lowest BCUT2D eigenvalue weighted by Crippen LogP contribution is -2.14. The van der Waals surface area contributed by atoms with Crippen LogP contribution in [0.3, 0.4) is 0 Å². The molecule has 2 aromatic heterocycles. The Morgan fingerprint density at radius 1 is 1.35 bits per heavy atom. The zero-order chi connectivity index (χ0) is 13.5. The zero-order valence-electron chi connectivity index (χ0n) is 11.1. The molecule has 2 rings (SSSR count). The van der Waals surface area contributed by atoms with Gasteiger partial charge in [0.15, 0.2) is 0 Å². The summed E-state index contributed by atoms with van der Waals surface area (Å²) in [6.45, 7) is 0.824. The van der Waals surface area contributed by atoms with Crippen molar-refractivity contribution in [3.8, 4) is 5.95 Å². The molecule has 0 aliphatic rings. The molecule has 0 bridgehead atoms. The van der Waals surface area contributed by atoms with Gasteiger partial charge in [-0.2, -0.15) is 5.10 Å². The average Bonchev–Trinajstić information content (AvgIpc) is 2.88. The lowest BCUT2D eigenvalue weighted by Gasteiger charge is -2.01. The Balaban J connectivity index is 0.00000200. The molecule has 0 saturated heterocycles. The highest BCUT2D eigenvalue weighted by Gasteiger charge is 2.06. The minimum atomic E-state index is -0.0243. The molecule has 0 atom stereocenters. The molecule has 8 heteroatoms. The van der Waals surface area contributed by atoms with Crippen molar-refractivity contribution in [3.63, 3.8) is 0 Å². The SMILES string of the molecule is CNCCCC(=O)Nc1cnn(-c2ncccn2)c1.Cl.